The number of hydrogen-bond acceptors (Lipinski definition) is 2. The predicted octanol–water partition coefficient (Wildman–Crippen LogP) is 3.03. The van der Waals surface area contributed by atoms with Crippen LogP contribution in [0.4, 0.5) is 10.5 Å². The number of benzene rings is 2. The summed E-state index contributed by atoms with van der Waals surface area (Å²) in [7, 11) is 0. The highest BCUT2D eigenvalue weighted by molar-refractivity contribution is 5.96. The highest BCUT2D eigenvalue weighted by Gasteiger charge is 2.48. The largest absolute Gasteiger partial charge is 0.334 e. The van der Waals surface area contributed by atoms with Gasteiger partial charge in [0.25, 0.3) is 0 Å². The Bertz CT molecular complexity index is 793. The molecule has 0 aromatic heterocycles. The molecule has 1 atom stereocenters. The van der Waals surface area contributed by atoms with E-state index in [1.54, 1.807) is 0 Å². The molecule has 2 heterocycles. The fourth-order valence-corrected chi connectivity index (χ4v) is 4.01. The van der Waals surface area contributed by atoms with Crippen LogP contribution in [0.1, 0.15) is 18.4 Å². The van der Waals surface area contributed by atoms with Crippen LogP contribution in [0.5, 0.6) is 0 Å². The van der Waals surface area contributed by atoms with E-state index in [-0.39, 0.29) is 17.4 Å². The first-order valence-corrected chi connectivity index (χ1v) is 9.07. The molecule has 2 aliphatic heterocycles. The predicted molar refractivity (Wildman–Crippen MR) is 101 cm³/mol. The van der Waals surface area contributed by atoms with Crippen LogP contribution in [0.3, 0.4) is 0 Å². The lowest BCUT2D eigenvalue weighted by atomic mass is 9.86. The Morgan fingerprint density at radius 3 is 2.42 bits per heavy atom. The number of likely N-dealkylation sites (tertiary alicyclic amines) is 1. The van der Waals surface area contributed by atoms with Crippen molar-refractivity contribution in [2.45, 2.75) is 19.4 Å². The molecule has 1 N–H and O–H groups in total. The van der Waals surface area contributed by atoms with E-state index in [9.17, 15) is 9.59 Å². The smallest absolute Gasteiger partial charge is 0.317 e. The number of urea groups is 1. The van der Waals surface area contributed by atoms with Crippen molar-refractivity contribution >= 4 is 17.6 Å². The molecule has 2 fully saturated rings. The van der Waals surface area contributed by atoms with Crippen LogP contribution in [0.2, 0.25) is 0 Å². The first-order valence-electron chi connectivity index (χ1n) is 9.07. The maximum Gasteiger partial charge on any atom is 0.317 e. The maximum atomic E-state index is 12.5. The lowest BCUT2D eigenvalue weighted by Crippen LogP contribution is -2.40. The number of amides is 3. The van der Waals surface area contributed by atoms with Crippen molar-refractivity contribution in [2.75, 3.05) is 24.5 Å². The van der Waals surface area contributed by atoms with Gasteiger partial charge < -0.3 is 15.1 Å². The fourth-order valence-electron chi connectivity index (χ4n) is 4.01. The molecular weight excluding hydrogens is 326 g/mol. The standard InChI is InChI=1S/C21H23N3O2/c25-19-13-21(16-24(19)18-9-5-2-6-10-18)11-12-23(15-21)20(26)22-14-17-7-3-1-4-8-17/h1-10H,11-16H2,(H,22,26)/t21-/m1/s1. The van der Waals surface area contributed by atoms with Crippen LogP contribution in [-0.4, -0.2) is 36.5 Å². The van der Waals surface area contributed by atoms with Crippen LogP contribution in [0, 0.1) is 5.41 Å². The zero-order chi connectivity index (χ0) is 18.0. The summed E-state index contributed by atoms with van der Waals surface area (Å²) in [6, 6.07) is 19.6. The number of carbonyl (C=O) groups excluding carboxylic acids is 2. The molecule has 2 aromatic rings. The monoisotopic (exact) mass is 349 g/mol. The Labute approximate surface area is 153 Å². The van der Waals surface area contributed by atoms with E-state index < -0.39 is 0 Å². The van der Waals surface area contributed by atoms with Crippen molar-refractivity contribution in [3.63, 3.8) is 0 Å². The highest BCUT2D eigenvalue weighted by Crippen LogP contribution is 2.41. The lowest BCUT2D eigenvalue weighted by molar-refractivity contribution is -0.117. The van der Waals surface area contributed by atoms with Gasteiger partial charge in [-0.05, 0) is 24.1 Å². The van der Waals surface area contributed by atoms with Crippen molar-refractivity contribution in [3.8, 4) is 0 Å². The van der Waals surface area contributed by atoms with Crippen LogP contribution in [-0.2, 0) is 11.3 Å². The SMILES string of the molecule is O=C(NCc1ccccc1)N1CC[C@@]2(CC(=O)N(c3ccccc3)C2)C1. The summed E-state index contributed by atoms with van der Waals surface area (Å²) in [4.78, 5) is 28.8. The fraction of sp³-hybridized carbons (Fsp3) is 0.333. The molecule has 26 heavy (non-hydrogen) atoms. The Kier molecular flexibility index (Phi) is 4.37. The third kappa shape index (κ3) is 3.29. The molecule has 2 aliphatic rings. The number of nitrogens with zero attached hydrogens (tertiary/aromatic N) is 2. The quantitative estimate of drug-likeness (QED) is 0.926. The van der Waals surface area contributed by atoms with Gasteiger partial charge in [-0.1, -0.05) is 48.5 Å². The molecule has 2 aromatic carbocycles. The molecule has 134 valence electrons. The van der Waals surface area contributed by atoms with Crippen LogP contribution in [0.15, 0.2) is 60.7 Å². The number of carbonyl (C=O) groups is 2. The van der Waals surface area contributed by atoms with Gasteiger partial charge in [-0.15, -0.1) is 0 Å². The minimum Gasteiger partial charge on any atom is -0.334 e. The Morgan fingerprint density at radius 2 is 1.69 bits per heavy atom. The molecule has 4 rings (SSSR count). The molecule has 1 spiro atoms. The number of nitrogens with one attached hydrogen (secondary N) is 1. The first-order chi connectivity index (χ1) is 12.7. The van der Waals surface area contributed by atoms with E-state index in [2.05, 4.69) is 5.32 Å². The van der Waals surface area contributed by atoms with Gasteiger partial charge in [0.15, 0.2) is 0 Å². The zero-order valence-corrected chi connectivity index (χ0v) is 14.7. The molecular formula is C21H23N3O2. The number of rotatable bonds is 3. The molecule has 0 radical (unpaired) electrons. The topological polar surface area (TPSA) is 52.7 Å². The summed E-state index contributed by atoms with van der Waals surface area (Å²) in [6.07, 6.45) is 1.39. The molecule has 5 heteroatoms. The van der Waals surface area contributed by atoms with E-state index in [0.717, 1.165) is 17.7 Å². The number of hydrogen-bond donors (Lipinski definition) is 1. The van der Waals surface area contributed by atoms with E-state index in [1.807, 2.05) is 70.5 Å². The van der Waals surface area contributed by atoms with Crippen LogP contribution in [0.25, 0.3) is 0 Å². The van der Waals surface area contributed by atoms with Gasteiger partial charge in [0.05, 0.1) is 0 Å². The van der Waals surface area contributed by atoms with Crippen molar-refractivity contribution in [1.29, 1.82) is 0 Å². The van der Waals surface area contributed by atoms with Gasteiger partial charge in [0.2, 0.25) is 5.91 Å². The van der Waals surface area contributed by atoms with E-state index in [1.165, 1.54) is 0 Å². The second-order valence-electron chi connectivity index (χ2n) is 7.31. The summed E-state index contributed by atoms with van der Waals surface area (Å²) in [5.74, 6) is 0.155. The van der Waals surface area contributed by atoms with Crippen molar-refractivity contribution in [3.05, 3.63) is 66.2 Å². The minimum atomic E-state index is -0.114. The zero-order valence-electron chi connectivity index (χ0n) is 14.7. The van der Waals surface area contributed by atoms with Gasteiger partial charge in [-0.25, -0.2) is 4.79 Å². The Hall–Kier alpha value is -2.82. The van der Waals surface area contributed by atoms with E-state index >= 15 is 0 Å². The average molecular weight is 349 g/mol. The molecule has 2 saturated heterocycles. The van der Waals surface area contributed by atoms with Gasteiger partial charge in [0, 0.05) is 43.7 Å². The molecule has 3 amide bonds. The molecule has 0 bridgehead atoms. The summed E-state index contributed by atoms with van der Waals surface area (Å²) in [5.41, 5.74) is 1.92. The Morgan fingerprint density at radius 1 is 1.00 bits per heavy atom. The van der Waals surface area contributed by atoms with Gasteiger partial charge in [-0.3, -0.25) is 4.79 Å². The lowest BCUT2D eigenvalue weighted by Gasteiger charge is -2.24. The third-order valence-electron chi connectivity index (χ3n) is 5.40. The van der Waals surface area contributed by atoms with Gasteiger partial charge in [-0.2, -0.15) is 0 Å². The van der Waals surface area contributed by atoms with E-state index in [4.69, 9.17) is 0 Å². The average Bonchev–Trinajstić information content (AvgIpc) is 3.24. The third-order valence-corrected chi connectivity index (χ3v) is 5.40. The molecule has 0 aliphatic carbocycles. The summed E-state index contributed by atoms with van der Waals surface area (Å²) < 4.78 is 0. The summed E-state index contributed by atoms with van der Waals surface area (Å²) in [5, 5.41) is 2.99. The van der Waals surface area contributed by atoms with Crippen LogP contribution >= 0.6 is 0 Å². The summed E-state index contributed by atoms with van der Waals surface area (Å²) >= 11 is 0. The van der Waals surface area contributed by atoms with Gasteiger partial charge in [0.1, 0.15) is 0 Å². The van der Waals surface area contributed by atoms with Gasteiger partial charge >= 0.3 is 6.03 Å². The maximum absolute atomic E-state index is 12.5. The number of anilines is 1. The van der Waals surface area contributed by atoms with Crippen LogP contribution < -0.4 is 10.2 Å². The summed E-state index contributed by atoms with van der Waals surface area (Å²) in [6.45, 7) is 2.57. The Balaban J connectivity index is 1.37. The molecule has 0 unspecified atom stereocenters. The second-order valence-corrected chi connectivity index (χ2v) is 7.31. The van der Waals surface area contributed by atoms with Crippen molar-refractivity contribution in [1.82, 2.24) is 10.2 Å². The molecule has 0 saturated carbocycles. The highest BCUT2D eigenvalue weighted by atomic mass is 16.2. The minimum absolute atomic E-state index is 0.0451. The van der Waals surface area contributed by atoms with E-state index in [0.29, 0.717) is 32.6 Å². The van der Waals surface area contributed by atoms with Crippen molar-refractivity contribution < 1.29 is 9.59 Å². The normalized spacial score (nSPS) is 22.2. The first kappa shape index (κ1) is 16.6. The van der Waals surface area contributed by atoms with Crippen molar-refractivity contribution in [2.24, 2.45) is 5.41 Å². The second kappa shape index (κ2) is 6.83. The number of para-hydroxylation sites is 1. The molecule has 5 nitrogen and oxygen atoms in total.